The summed E-state index contributed by atoms with van der Waals surface area (Å²) in [5.74, 6) is 0.0970. The Kier molecular flexibility index (Phi) is 4.95. The summed E-state index contributed by atoms with van der Waals surface area (Å²) in [6.07, 6.45) is 4.65. The van der Waals surface area contributed by atoms with E-state index in [4.69, 9.17) is 0 Å². The molecule has 4 nitrogen and oxygen atoms in total. The first-order valence-corrected chi connectivity index (χ1v) is 9.31. The Morgan fingerprint density at radius 1 is 1.30 bits per heavy atom. The van der Waals surface area contributed by atoms with E-state index in [1.54, 1.807) is 0 Å². The Balaban J connectivity index is 1.66. The van der Waals surface area contributed by atoms with E-state index in [0.717, 1.165) is 17.0 Å². The quantitative estimate of drug-likeness (QED) is 0.891. The zero-order valence-electron chi connectivity index (χ0n) is 13.7. The second kappa shape index (κ2) is 6.95. The first-order chi connectivity index (χ1) is 11.1. The molecule has 0 spiro atoms. The molecule has 0 saturated heterocycles. The number of anilines is 1. The van der Waals surface area contributed by atoms with Gasteiger partial charge >= 0.3 is 0 Å². The maximum atomic E-state index is 12.6. The molecule has 3 rings (SSSR count). The van der Waals surface area contributed by atoms with Crippen molar-refractivity contribution < 1.29 is 9.59 Å². The van der Waals surface area contributed by atoms with Crippen molar-refractivity contribution in [3.05, 3.63) is 24.3 Å². The van der Waals surface area contributed by atoms with E-state index in [9.17, 15) is 9.59 Å². The maximum Gasteiger partial charge on any atom is 0.238 e. The lowest BCUT2D eigenvalue weighted by molar-refractivity contribution is -0.128. The number of thioether (sulfide) groups is 1. The molecule has 0 aromatic heterocycles. The molecule has 1 aliphatic heterocycles. The van der Waals surface area contributed by atoms with Gasteiger partial charge in [0.2, 0.25) is 11.8 Å². The van der Waals surface area contributed by atoms with Crippen LogP contribution in [0.2, 0.25) is 0 Å². The third-order valence-electron chi connectivity index (χ3n) is 4.96. The molecule has 2 aliphatic rings. The lowest BCUT2D eigenvalue weighted by Gasteiger charge is -2.32. The van der Waals surface area contributed by atoms with Gasteiger partial charge in [-0.1, -0.05) is 38.8 Å². The van der Waals surface area contributed by atoms with Crippen LogP contribution in [0.25, 0.3) is 0 Å². The van der Waals surface area contributed by atoms with Gasteiger partial charge in [-0.05, 0) is 30.9 Å². The monoisotopic (exact) mass is 332 g/mol. The molecule has 4 unspecified atom stereocenters. The summed E-state index contributed by atoms with van der Waals surface area (Å²) < 4.78 is 0. The average molecular weight is 332 g/mol. The molecule has 0 radical (unpaired) electrons. The van der Waals surface area contributed by atoms with Crippen molar-refractivity contribution in [1.82, 2.24) is 5.32 Å². The summed E-state index contributed by atoms with van der Waals surface area (Å²) in [6, 6.07) is 7.99. The molecule has 2 amide bonds. The Morgan fingerprint density at radius 3 is 2.83 bits per heavy atom. The number of para-hydroxylation sites is 1. The summed E-state index contributed by atoms with van der Waals surface area (Å²) in [5, 5.41) is 5.72. The van der Waals surface area contributed by atoms with Crippen LogP contribution in [0.5, 0.6) is 0 Å². The van der Waals surface area contributed by atoms with E-state index in [1.807, 2.05) is 31.2 Å². The van der Waals surface area contributed by atoms with Crippen molar-refractivity contribution in [2.75, 3.05) is 5.32 Å². The van der Waals surface area contributed by atoms with Gasteiger partial charge in [-0.15, -0.1) is 11.8 Å². The van der Waals surface area contributed by atoms with Crippen molar-refractivity contribution in [3.63, 3.8) is 0 Å². The van der Waals surface area contributed by atoms with Crippen LogP contribution < -0.4 is 10.6 Å². The molecule has 124 valence electrons. The first-order valence-electron chi connectivity index (χ1n) is 8.43. The second-order valence-corrected chi connectivity index (χ2v) is 7.87. The van der Waals surface area contributed by atoms with E-state index in [-0.39, 0.29) is 29.0 Å². The van der Waals surface area contributed by atoms with Crippen molar-refractivity contribution in [2.45, 2.75) is 55.7 Å². The predicted molar refractivity (Wildman–Crippen MR) is 93.4 cm³/mol. The molecular weight excluding hydrogens is 308 g/mol. The molecule has 4 atom stereocenters. The number of carbonyl (C=O) groups excluding carboxylic acids is 2. The van der Waals surface area contributed by atoms with Crippen molar-refractivity contribution in [1.29, 1.82) is 0 Å². The number of amides is 2. The predicted octanol–water partition coefficient (Wildman–Crippen LogP) is 3.43. The molecule has 1 aromatic carbocycles. The fourth-order valence-electron chi connectivity index (χ4n) is 3.38. The number of hydrogen-bond acceptors (Lipinski definition) is 3. The molecule has 1 saturated carbocycles. The zero-order valence-corrected chi connectivity index (χ0v) is 14.5. The van der Waals surface area contributed by atoms with Gasteiger partial charge in [0, 0.05) is 10.9 Å². The zero-order chi connectivity index (χ0) is 16.4. The lowest BCUT2D eigenvalue weighted by Crippen LogP contribution is -2.47. The molecule has 23 heavy (non-hydrogen) atoms. The summed E-state index contributed by atoms with van der Waals surface area (Å²) in [7, 11) is 0. The highest BCUT2D eigenvalue weighted by Crippen LogP contribution is 2.38. The SMILES string of the molecule is CC1CCCCC1NC(=O)C(C)C1Sc2ccccc2NC1=O. The number of hydrogen-bond donors (Lipinski definition) is 2. The summed E-state index contributed by atoms with van der Waals surface area (Å²) in [5.41, 5.74) is 0.840. The molecule has 0 bridgehead atoms. The van der Waals surface area contributed by atoms with Crippen LogP contribution in [0.3, 0.4) is 0 Å². The third-order valence-corrected chi connectivity index (χ3v) is 6.45. The molecule has 1 fully saturated rings. The summed E-state index contributed by atoms with van der Waals surface area (Å²) >= 11 is 1.49. The van der Waals surface area contributed by atoms with Crippen molar-refractivity contribution >= 4 is 29.3 Å². The number of carbonyl (C=O) groups is 2. The fraction of sp³-hybridized carbons (Fsp3) is 0.556. The Morgan fingerprint density at radius 2 is 2.04 bits per heavy atom. The van der Waals surface area contributed by atoms with Crippen LogP contribution in [0.15, 0.2) is 29.2 Å². The van der Waals surface area contributed by atoms with Crippen LogP contribution in [0, 0.1) is 11.8 Å². The average Bonchev–Trinajstić information content (AvgIpc) is 2.55. The molecule has 2 N–H and O–H groups in total. The minimum Gasteiger partial charge on any atom is -0.353 e. The van der Waals surface area contributed by atoms with Gasteiger partial charge in [0.05, 0.1) is 16.9 Å². The largest absolute Gasteiger partial charge is 0.353 e. The van der Waals surface area contributed by atoms with Gasteiger partial charge in [0.1, 0.15) is 0 Å². The molecule has 1 aliphatic carbocycles. The molecule has 5 heteroatoms. The maximum absolute atomic E-state index is 12.6. The van der Waals surface area contributed by atoms with E-state index in [1.165, 1.54) is 31.0 Å². The first kappa shape index (κ1) is 16.4. The van der Waals surface area contributed by atoms with Crippen molar-refractivity contribution in [2.24, 2.45) is 11.8 Å². The molecule has 1 aromatic rings. The van der Waals surface area contributed by atoms with Crippen LogP contribution in [0.4, 0.5) is 5.69 Å². The number of fused-ring (bicyclic) bond motifs is 1. The van der Waals surface area contributed by atoms with E-state index in [2.05, 4.69) is 17.6 Å². The van der Waals surface area contributed by atoms with Gasteiger partial charge in [0.15, 0.2) is 0 Å². The normalized spacial score (nSPS) is 28.4. The topological polar surface area (TPSA) is 58.2 Å². The van der Waals surface area contributed by atoms with E-state index < -0.39 is 0 Å². The molecular formula is C18H24N2O2S. The number of rotatable bonds is 3. The number of benzene rings is 1. The van der Waals surface area contributed by atoms with E-state index in [0.29, 0.717) is 5.92 Å². The molecule has 1 heterocycles. The Bertz CT molecular complexity index is 604. The van der Waals surface area contributed by atoms with Gasteiger partial charge in [-0.2, -0.15) is 0 Å². The van der Waals surface area contributed by atoms with Crippen LogP contribution in [-0.2, 0) is 9.59 Å². The van der Waals surface area contributed by atoms with Crippen molar-refractivity contribution in [3.8, 4) is 0 Å². The van der Waals surface area contributed by atoms with Crippen LogP contribution in [0.1, 0.15) is 39.5 Å². The Labute approximate surface area is 141 Å². The van der Waals surface area contributed by atoms with Gasteiger partial charge in [-0.3, -0.25) is 9.59 Å². The lowest BCUT2D eigenvalue weighted by atomic mass is 9.85. The minimum absolute atomic E-state index is 0.00391. The standard InChI is InChI=1S/C18H24N2O2S/c1-11-7-3-4-8-13(11)19-17(21)12(2)16-18(22)20-14-9-5-6-10-15(14)23-16/h5-6,9-13,16H,3-4,7-8H2,1-2H3,(H,19,21)(H,20,22). The van der Waals surface area contributed by atoms with Crippen LogP contribution >= 0.6 is 11.8 Å². The highest BCUT2D eigenvalue weighted by molar-refractivity contribution is 8.01. The van der Waals surface area contributed by atoms with Gasteiger partial charge in [0.25, 0.3) is 0 Å². The fourth-order valence-corrected chi connectivity index (χ4v) is 4.55. The Hall–Kier alpha value is -1.49. The summed E-state index contributed by atoms with van der Waals surface area (Å²) in [4.78, 5) is 26.0. The van der Waals surface area contributed by atoms with Gasteiger partial charge in [-0.25, -0.2) is 0 Å². The smallest absolute Gasteiger partial charge is 0.238 e. The van der Waals surface area contributed by atoms with Gasteiger partial charge < -0.3 is 10.6 Å². The van der Waals surface area contributed by atoms with Crippen LogP contribution in [-0.4, -0.2) is 23.1 Å². The second-order valence-electron chi connectivity index (χ2n) is 6.69. The van der Waals surface area contributed by atoms with E-state index >= 15 is 0 Å². The summed E-state index contributed by atoms with van der Waals surface area (Å²) in [6.45, 7) is 4.06. The highest BCUT2D eigenvalue weighted by Gasteiger charge is 2.36. The third kappa shape index (κ3) is 3.55. The highest BCUT2D eigenvalue weighted by atomic mass is 32.2. The minimum atomic E-state index is -0.371. The number of nitrogens with one attached hydrogen (secondary N) is 2.